The molecule has 0 aliphatic carbocycles. The molecule has 100 valence electrons. The van der Waals surface area contributed by atoms with Crippen LogP contribution >= 0.6 is 0 Å². The normalized spacial score (nSPS) is 10.5. The molecule has 0 radical (unpaired) electrons. The second kappa shape index (κ2) is 6.32. The van der Waals surface area contributed by atoms with E-state index in [0.29, 0.717) is 0 Å². The van der Waals surface area contributed by atoms with Gasteiger partial charge in [-0.2, -0.15) is 0 Å². The molecule has 1 heterocycles. The summed E-state index contributed by atoms with van der Waals surface area (Å²) in [4.78, 5) is 8.77. The molecule has 19 heavy (non-hydrogen) atoms. The molecule has 0 saturated heterocycles. The van der Waals surface area contributed by atoms with Gasteiger partial charge in [0.1, 0.15) is 12.1 Å². The number of hydrogen-bond donors (Lipinski definition) is 1. The molecular formula is C16H21N3. The molecule has 0 bridgehead atoms. The van der Waals surface area contributed by atoms with Crippen molar-refractivity contribution in [2.75, 3.05) is 12.4 Å². The minimum absolute atomic E-state index is 0.921. The predicted octanol–water partition coefficient (Wildman–Crippen LogP) is 3.70. The van der Waals surface area contributed by atoms with Crippen LogP contribution in [0, 0.1) is 0 Å². The minimum Gasteiger partial charge on any atom is -0.373 e. The average molecular weight is 255 g/mol. The Labute approximate surface area is 115 Å². The summed E-state index contributed by atoms with van der Waals surface area (Å²) in [5.41, 5.74) is 4.77. The van der Waals surface area contributed by atoms with Crippen molar-refractivity contribution in [3.05, 3.63) is 41.7 Å². The Morgan fingerprint density at radius 2 is 2.00 bits per heavy atom. The lowest BCUT2D eigenvalue weighted by molar-refractivity contribution is 0.922. The largest absolute Gasteiger partial charge is 0.373 e. The van der Waals surface area contributed by atoms with Gasteiger partial charge in [0, 0.05) is 18.2 Å². The van der Waals surface area contributed by atoms with Gasteiger partial charge in [-0.05, 0) is 24.5 Å². The van der Waals surface area contributed by atoms with E-state index in [-0.39, 0.29) is 0 Å². The van der Waals surface area contributed by atoms with E-state index in [2.05, 4.69) is 53.4 Å². The monoisotopic (exact) mass is 255 g/mol. The third kappa shape index (κ3) is 2.92. The quantitative estimate of drug-likeness (QED) is 0.885. The first-order valence-corrected chi connectivity index (χ1v) is 6.91. The molecule has 0 spiro atoms. The molecule has 1 aromatic heterocycles. The zero-order valence-electron chi connectivity index (χ0n) is 11.9. The van der Waals surface area contributed by atoms with Gasteiger partial charge in [0.25, 0.3) is 0 Å². The van der Waals surface area contributed by atoms with Crippen LogP contribution in [-0.4, -0.2) is 17.0 Å². The van der Waals surface area contributed by atoms with Crippen LogP contribution in [0.1, 0.15) is 31.4 Å². The fraction of sp³-hybridized carbons (Fsp3) is 0.375. The molecule has 2 rings (SSSR count). The third-order valence-corrected chi connectivity index (χ3v) is 3.27. The lowest BCUT2D eigenvalue weighted by atomic mass is 10.0. The molecule has 1 aromatic carbocycles. The second-order valence-electron chi connectivity index (χ2n) is 4.60. The Bertz CT molecular complexity index is 549. The maximum absolute atomic E-state index is 4.48. The van der Waals surface area contributed by atoms with Crippen LogP contribution in [0.25, 0.3) is 11.3 Å². The van der Waals surface area contributed by atoms with Gasteiger partial charge in [-0.25, -0.2) is 9.97 Å². The molecule has 0 atom stereocenters. The van der Waals surface area contributed by atoms with Gasteiger partial charge in [-0.1, -0.05) is 38.5 Å². The molecule has 3 nitrogen and oxygen atoms in total. The van der Waals surface area contributed by atoms with Crippen molar-refractivity contribution in [1.29, 1.82) is 0 Å². The molecule has 0 aliphatic heterocycles. The highest BCUT2D eigenvalue weighted by atomic mass is 15.0. The Balaban J connectivity index is 2.49. The van der Waals surface area contributed by atoms with Gasteiger partial charge in [0.05, 0.1) is 5.69 Å². The maximum atomic E-state index is 4.48. The highest BCUT2D eigenvalue weighted by molar-refractivity contribution is 5.68. The number of aromatic nitrogens is 2. The predicted molar refractivity (Wildman–Crippen MR) is 80.4 cm³/mol. The van der Waals surface area contributed by atoms with E-state index in [4.69, 9.17) is 0 Å². The van der Waals surface area contributed by atoms with E-state index in [9.17, 15) is 0 Å². The SMILES string of the molecule is CCCc1cccc(-c2ncnc(NC)c2CC)c1. The van der Waals surface area contributed by atoms with Gasteiger partial charge in [-0.15, -0.1) is 0 Å². The zero-order valence-corrected chi connectivity index (χ0v) is 11.9. The molecule has 2 aromatic rings. The van der Waals surface area contributed by atoms with Crippen molar-refractivity contribution in [2.24, 2.45) is 0 Å². The second-order valence-corrected chi connectivity index (χ2v) is 4.60. The lowest BCUT2D eigenvalue weighted by Crippen LogP contribution is -2.02. The van der Waals surface area contributed by atoms with Crippen molar-refractivity contribution in [3.63, 3.8) is 0 Å². The van der Waals surface area contributed by atoms with Crippen LogP contribution in [0.3, 0.4) is 0 Å². The summed E-state index contributed by atoms with van der Waals surface area (Å²) < 4.78 is 0. The van der Waals surface area contributed by atoms with Crippen molar-refractivity contribution < 1.29 is 0 Å². The van der Waals surface area contributed by atoms with Gasteiger partial charge in [-0.3, -0.25) is 0 Å². The number of nitrogens with one attached hydrogen (secondary N) is 1. The number of aryl methyl sites for hydroxylation is 1. The van der Waals surface area contributed by atoms with Crippen LogP contribution in [-0.2, 0) is 12.8 Å². The van der Waals surface area contributed by atoms with Crippen molar-refractivity contribution in [3.8, 4) is 11.3 Å². The molecule has 0 unspecified atom stereocenters. The minimum atomic E-state index is 0.921. The fourth-order valence-corrected chi connectivity index (χ4v) is 2.37. The maximum Gasteiger partial charge on any atom is 0.132 e. The Morgan fingerprint density at radius 3 is 2.68 bits per heavy atom. The molecule has 0 fully saturated rings. The van der Waals surface area contributed by atoms with Crippen LogP contribution in [0.2, 0.25) is 0 Å². The zero-order chi connectivity index (χ0) is 13.7. The first-order valence-electron chi connectivity index (χ1n) is 6.91. The van der Waals surface area contributed by atoms with Crippen LogP contribution in [0.5, 0.6) is 0 Å². The summed E-state index contributed by atoms with van der Waals surface area (Å²) in [7, 11) is 1.90. The van der Waals surface area contributed by atoms with Gasteiger partial charge >= 0.3 is 0 Å². The first kappa shape index (κ1) is 13.5. The summed E-state index contributed by atoms with van der Waals surface area (Å²) >= 11 is 0. The lowest BCUT2D eigenvalue weighted by Gasteiger charge is -2.12. The molecule has 0 aliphatic rings. The van der Waals surface area contributed by atoms with Gasteiger partial charge < -0.3 is 5.32 Å². The van der Waals surface area contributed by atoms with E-state index in [1.807, 2.05) is 7.05 Å². The van der Waals surface area contributed by atoms with Crippen LogP contribution in [0.15, 0.2) is 30.6 Å². The van der Waals surface area contributed by atoms with E-state index in [1.54, 1.807) is 6.33 Å². The highest BCUT2D eigenvalue weighted by Crippen LogP contribution is 2.26. The molecule has 1 N–H and O–H groups in total. The third-order valence-electron chi connectivity index (χ3n) is 3.27. The Kier molecular flexibility index (Phi) is 4.50. The van der Waals surface area contributed by atoms with Crippen molar-refractivity contribution in [2.45, 2.75) is 33.1 Å². The van der Waals surface area contributed by atoms with Crippen LogP contribution in [0.4, 0.5) is 5.82 Å². The van der Waals surface area contributed by atoms with Crippen LogP contribution < -0.4 is 5.32 Å². The summed E-state index contributed by atoms with van der Waals surface area (Å²) in [6.45, 7) is 4.34. The summed E-state index contributed by atoms with van der Waals surface area (Å²) in [6.07, 6.45) is 4.83. The average Bonchev–Trinajstić information content (AvgIpc) is 2.47. The number of rotatable bonds is 5. The Hall–Kier alpha value is -1.90. The van der Waals surface area contributed by atoms with E-state index in [1.165, 1.54) is 16.7 Å². The topological polar surface area (TPSA) is 37.8 Å². The standard InChI is InChI=1S/C16H21N3/c1-4-7-12-8-6-9-13(10-12)15-14(5-2)16(17-3)19-11-18-15/h6,8-11H,4-5,7H2,1-3H3,(H,17,18,19). The smallest absolute Gasteiger partial charge is 0.132 e. The Morgan fingerprint density at radius 1 is 1.16 bits per heavy atom. The molecule has 3 heteroatoms. The molecule has 0 saturated carbocycles. The van der Waals surface area contributed by atoms with Gasteiger partial charge in [0.15, 0.2) is 0 Å². The van der Waals surface area contributed by atoms with Crippen molar-refractivity contribution in [1.82, 2.24) is 9.97 Å². The number of nitrogens with zero attached hydrogens (tertiary/aromatic N) is 2. The molecule has 0 amide bonds. The summed E-state index contributed by atoms with van der Waals surface area (Å²) in [5.74, 6) is 0.924. The summed E-state index contributed by atoms with van der Waals surface area (Å²) in [6, 6.07) is 8.66. The number of anilines is 1. The van der Waals surface area contributed by atoms with E-state index >= 15 is 0 Å². The summed E-state index contributed by atoms with van der Waals surface area (Å²) in [5, 5.41) is 3.15. The fourth-order valence-electron chi connectivity index (χ4n) is 2.37. The van der Waals surface area contributed by atoms with Gasteiger partial charge in [0.2, 0.25) is 0 Å². The first-order chi connectivity index (χ1) is 9.30. The molecular weight excluding hydrogens is 234 g/mol. The van der Waals surface area contributed by atoms with Crippen molar-refractivity contribution >= 4 is 5.82 Å². The number of benzene rings is 1. The number of hydrogen-bond acceptors (Lipinski definition) is 3. The van der Waals surface area contributed by atoms with E-state index in [0.717, 1.165) is 30.8 Å². The van der Waals surface area contributed by atoms with E-state index < -0.39 is 0 Å². The highest BCUT2D eigenvalue weighted by Gasteiger charge is 2.10.